The van der Waals surface area contributed by atoms with Crippen molar-refractivity contribution in [2.75, 3.05) is 0 Å². The van der Waals surface area contributed by atoms with E-state index < -0.39 is 6.61 Å². The molecule has 0 spiro atoms. The standard InChI is InChI=1S/C14H13F2N3O2S/c1-9-18-11(8-22-9)6-13(20)19-17-7-10-2-4-12(5-3-10)21-14(15)16/h2-5,7-8,14H,6H2,1H3,(H,19,20)/b17-7-. The summed E-state index contributed by atoms with van der Waals surface area (Å²) in [5.41, 5.74) is 3.72. The topological polar surface area (TPSA) is 63.6 Å². The highest BCUT2D eigenvalue weighted by atomic mass is 32.1. The number of nitrogens with one attached hydrogen (secondary N) is 1. The molecule has 0 aliphatic carbocycles. The first kappa shape index (κ1) is 16.0. The van der Waals surface area contributed by atoms with Crippen molar-refractivity contribution in [3.63, 3.8) is 0 Å². The van der Waals surface area contributed by atoms with Gasteiger partial charge in [0.1, 0.15) is 5.75 Å². The van der Waals surface area contributed by atoms with Gasteiger partial charge >= 0.3 is 6.61 Å². The monoisotopic (exact) mass is 325 g/mol. The fourth-order valence-electron chi connectivity index (χ4n) is 1.61. The number of aromatic nitrogens is 1. The first-order chi connectivity index (χ1) is 10.5. The lowest BCUT2D eigenvalue weighted by atomic mass is 10.2. The van der Waals surface area contributed by atoms with Gasteiger partial charge in [-0.3, -0.25) is 4.79 Å². The second-order valence-electron chi connectivity index (χ2n) is 4.28. The first-order valence-corrected chi connectivity index (χ1v) is 7.18. The van der Waals surface area contributed by atoms with Crippen LogP contribution in [0, 0.1) is 6.92 Å². The minimum absolute atomic E-state index is 0.0649. The van der Waals surface area contributed by atoms with Crippen molar-refractivity contribution in [3.8, 4) is 5.75 Å². The molecule has 116 valence electrons. The van der Waals surface area contributed by atoms with E-state index in [0.717, 1.165) is 5.01 Å². The van der Waals surface area contributed by atoms with Gasteiger partial charge in [-0.2, -0.15) is 13.9 Å². The van der Waals surface area contributed by atoms with E-state index in [0.29, 0.717) is 11.3 Å². The van der Waals surface area contributed by atoms with E-state index in [4.69, 9.17) is 0 Å². The van der Waals surface area contributed by atoms with Crippen LogP contribution in [0.25, 0.3) is 0 Å². The van der Waals surface area contributed by atoms with E-state index >= 15 is 0 Å². The second kappa shape index (κ2) is 7.60. The molecule has 1 amide bonds. The van der Waals surface area contributed by atoms with E-state index in [9.17, 15) is 13.6 Å². The summed E-state index contributed by atoms with van der Waals surface area (Å²) in [5, 5.41) is 6.52. The Morgan fingerprint density at radius 1 is 1.45 bits per heavy atom. The van der Waals surface area contributed by atoms with E-state index in [1.165, 1.54) is 29.7 Å². The normalized spacial score (nSPS) is 11.1. The molecule has 0 unspecified atom stereocenters. The Balaban J connectivity index is 1.82. The third-order valence-corrected chi connectivity index (χ3v) is 3.34. The molecule has 1 aromatic carbocycles. The molecule has 1 N–H and O–H groups in total. The van der Waals surface area contributed by atoms with E-state index in [-0.39, 0.29) is 18.1 Å². The Morgan fingerprint density at radius 2 is 2.18 bits per heavy atom. The molecular formula is C14H13F2N3O2S. The number of thiazole rings is 1. The first-order valence-electron chi connectivity index (χ1n) is 6.31. The Kier molecular flexibility index (Phi) is 5.54. The van der Waals surface area contributed by atoms with Crippen molar-refractivity contribution in [1.29, 1.82) is 0 Å². The summed E-state index contributed by atoms with van der Waals surface area (Å²) in [5.74, 6) is -0.214. The van der Waals surface area contributed by atoms with Gasteiger partial charge in [0.25, 0.3) is 0 Å². The zero-order valence-electron chi connectivity index (χ0n) is 11.6. The van der Waals surface area contributed by atoms with Crippen LogP contribution in [0.2, 0.25) is 0 Å². The van der Waals surface area contributed by atoms with Crippen LogP contribution in [-0.4, -0.2) is 23.7 Å². The molecule has 22 heavy (non-hydrogen) atoms. The number of benzene rings is 1. The number of ether oxygens (including phenoxy) is 1. The maximum atomic E-state index is 12.0. The SMILES string of the molecule is Cc1nc(CC(=O)N/N=C\c2ccc(OC(F)F)cc2)cs1. The maximum Gasteiger partial charge on any atom is 0.387 e. The fraction of sp³-hybridized carbons (Fsp3) is 0.214. The van der Waals surface area contributed by atoms with Gasteiger partial charge in [0.05, 0.1) is 23.3 Å². The Morgan fingerprint density at radius 3 is 2.77 bits per heavy atom. The maximum absolute atomic E-state index is 12.0. The Labute approximate surface area is 129 Å². The highest BCUT2D eigenvalue weighted by Crippen LogP contribution is 2.14. The summed E-state index contributed by atoms with van der Waals surface area (Å²) in [6.07, 6.45) is 1.57. The molecule has 1 aromatic heterocycles. The van der Waals surface area contributed by atoms with Crippen molar-refractivity contribution in [1.82, 2.24) is 10.4 Å². The van der Waals surface area contributed by atoms with Gasteiger partial charge in [0.15, 0.2) is 0 Å². The number of carbonyl (C=O) groups is 1. The molecule has 5 nitrogen and oxygen atoms in total. The average Bonchev–Trinajstić information content (AvgIpc) is 2.85. The van der Waals surface area contributed by atoms with Gasteiger partial charge < -0.3 is 4.74 Å². The number of amides is 1. The predicted octanol–water partition coefficient (Wildman–Crippen LogP) is 2.75. The molecule has 0 radical (unpaired) electrons. The molecule has 2 aromatic rings. The molecular weight excluding hydrogens is 312 g/mol. The number of alkyl halides is 2. The van der Waals surface area contributed by atoms with E-state index in [2.05, 4.69) is 20.2 Å². The van der Waals surface area contributed by atoms with E-state index in [1.54, 1.807) is 12.1 Å². The molecule has 0 aliphatic rings. The van der Waals surface area contributed by atoms with Gasteiger partial charge in [-0.05, 0) is 36.8 Å². The van der Waals surface area contributed by atoms with Gasteiger partial charge in [-0.1, -0.05) is 0 Å². The van der Waals surface area contributed by atoms with Crippen molar-refractivity contribution < 1.29 is 18.3 Å². The molecule has 0 atom stereocenters. The molecule has 0 fully saturated rings. The summed E-state index contributed by atoms with van der Waals surface area (Å²) < 4.78 is 28.2. The zero-order chi connectivity index (χ0) is 15.9. The molecule has 1 heterocycles. The molecule has 2 rings (SSSR count). The van der Waals surface area contributed by atoms with Crippen LogP contribution in [0.1, 0.15) is 16.3 Å². The van der Waals surface area contributed by atoms with Crippen molar-refractivity contribution in [2.24, 2.45) is 5.10 Å². The van der Waals surface area contributed by atoms with E-state index in [1.807, 2.05) is 12.3 Å². The predicted molar refractivity (Wildman–Crippen MR) is 79.4 cm³/mol. The smallest absolute Gasteiger partial charge is 0.387 e. The zero-order valence-corrected chi connectivity index (χ0v) is 12.4. The van der Waals surface area contributed by atoms with Gasteiger partial charge in [0.2, 0.25) is 5.91 Å². The van der Waals surface area contributed by atoms with Crippen LogP contribution in [0.15, 0.2) is 34.7 Å². The number of hydrazone groups is 1. The summed E-state index contributed by atoms with van der Waals surface area (Å²) >= 11 is 1.48. The third kappa shape index (κ3) is 5.21. The van der Waals surface area contributed by atoms with Crippen molar-refractivity contribution >= 4 is 23.5 Å². The molecule has 8 heteroatoms. The number of hydrogen-bond donors (Lipinski definition) is 1. The number of carbonyl (C=O) groups excluding carboxylic acids is 1. The molecule has 0 saturated carbocycles. The van der Waals surface area contributed by atoms with Crippen LogP contribution < -0.4 is 10.2 Å². The van der Waals surface area contributed by atoms with Crippen LogP contribution >= 0.6 is 11.3 Å². The number of rotatable bonds is 6. The van der Waals surface area contributed by atoms with Gasteiger partial charge in [0, 0.05) is 5.38 Å². The number of aryl methyl sites for hydroxylation is 1. The lowest BCUT2D eigenvalue weighted by molar-refractivity contribution is -0.120. The minimum atomic E-state index is -2.85. The second-order valence-corrected chi connectivity index (χ2v) is 5.34. The number of halogens is 2. The van der Waals surface area contributed by atoms with Gasteiger partial charge in [-0.15, -0.1) is 11.3 Å². The summed E-state index contributed by atoms with van der Waals surface area (Å²) in [4.78, 5) is 15.8. The Hall–Kier alpha value is -2.35. The minimum Gasteiger partial charge on any atom is -0.435 e. The fourth-order valence-corrected chi connectivity index (χ4v) is 2.22. The highest BCUT2D eigenvalue weighted by Gasteiger charge is 2.05. The van der Waals surface area contributed by atoms with Crippen LogP contribution in [0.4, 0.5) is 8.78 Å². The van der Waals surface area contributed by atoms with Crippen molar-refractivity contribution in [2.45, 2.75) is 20.0 Å². The summed E-state index contributed by atoms with van der Waals surface area (Å²) in [6.45, 7) is -0.987. The van der Waals surface area contributed by atoms with Crippen LogP contribution in [-0.2, 0) is 11.2 Å². The summed E-state index contributed by atoms with van der Waals surface area (Å²) in [6, 6.07) is 5.90. The number of hydrogen-bond acceptors (Lipinski definition) is 5. The largest absolute Gasteiger partial charge is 0.435 e. The highest BCUT2D eigenvalue weighted by molar-refractivity contribution is 7.09. The quantitative estimate of drug-likeness (QED) is 0.656. The molecule has 0 aliphatic heterocycles. The third-order valence-electron chi connectivity index (χ3n) is 2.52. The Bertz CT molecular complexity index is 656. The van der Waals surface area contributed by atoms with Gasteiger partial charge in [-0.25, -0.2) is 10.4 Å². The van der Waals surface area contributed by atoms with Crippen LogP contribution in [0.3, 0.4) is 0 Å². The average molecular weight is 325 g/mol. The van der Waals surface area contributed by atoms with Crippen molar-refractivity contribution in [3.05, 3.63) is 45.9 Å². The molecule has 0 saturated heterocycles. The lowest BCUT2D eigenvalue weighted by Crippen LogP contribution is -2.19. The summed E-state index contributed by atoms with van der Waals surface area (Å²) in [7, 11) is 0. The van der Waals surface area contributed by atoms with Crippen LogP contribution in [0.5, 0.6) is 5.75 Å². The molecule has 0 bridgehead atoms. The lowest BCUT2D eigenvalue weighted by Gasteiger charge is -2.03. The number of nitrogens with zero attached hydrogens (tertiary/aromatic N) is 2.